The minimum absolute atomic E-state index is 0. The number of rotatable bonds is 7. The van der Waals surface area contributed by atoms with Crippen LogP contribution in [0.15, 0.2) is 35.8 Å². The number of nitrogens with zero attached hydrogens (tertiary/aromatic N) is 1. The molecule has 2 fully saturated rings. The summed E-state index contributed by atoms with van der Waals surface area (Å²) in [5.41, 5.74) is 3.64. The van der Waals surface area contributed by atoms with Gasteiger partial charge in [0.15, 0.2) is 5.69 Å². The number of ketones is 1. The normalized spacial score (nSPS) is 22.7. The van der Waals surface area contributed by atoms with E-state index >= 15 is 0 Å². The summed E-state index contributed by atoms with van der Waals surface area (Å²) in [6, 6.07) is 9.38. The van der Waals surface area contributed by atoms with Gasteiger partial charge in [-0.1, -0.05) is 41.7 Å². The maximum absolute atomic E-state index is 12.5. The van der Waals surface area contributed by atoms with Gasteiger partial charge in [0.25, 0.3) is 0 Å². The second-order valence-electron chi connectivity index (χ2n) is 7.96. The highest BCUT2D eigenvalue weighted by Gasteiger charge is 2.51. The highest BCUT2D eigenvalue weighted by atomic mass is 79.9. The number of benzene rings is 1. The van der Waals surface area contributed by atoms with E-state index in [0.717, 1.165) is 36.4 Å². The lowest BCUT2D eigenvalue weighted by Gasteiger charge is -2.23. The highest BCUT2D eigenvalue weighted by Crippen LogP contribution is 2.54. The number of aromatic nitrogens is 1. The van der Waals surface area contributed by atoms with Crippen molar-refractivity contribution in [1.29, 1.82) is 0 Å². The van der Waals surface area contributed by atoms with Crippen molar-refractivity contribution in [2.75, 3.05) is 6.61 Å². The first kappa shape index (κ1) is 21.2. The number of ether oxygens (including phenoxy) is 1. The molecule has 0 atom stereocenters. The molecule has 1 aromatic heterocycles. The number of carbonyl (C=O) groups excluding carboxylic acids is 2. The monoisotopic (exact) mass is 463 g/mol. The fourth-order valence-electron chi connectivity index (χ4n) is 4.59. The zero-order chi connectivity index (χ0) is 18.9. The lowest BCUT2D eigenvalue weighted by Crippen LogP contribution is -3.00. The first-order chi connectivity index (χ1) is 13.1. The van der Waals surface area contributed by atoms with E-state index in [1.807, 2.05) is 47.3 Å². The van der Waals surface area contributed by atoms with E-state index in [1.54, 1.807) is 11.3 Å². The van der Waals surface area contributed by atoms with Crippen molar-refractivity contribution >= 4 is 23.1 Å². The molecule has 2 bridgehead atoms. The van der Waals surface area contributed by atoms with Crippen LogP contribution in [0.3, 0.4) is 0 Å². The highest BCUT2D eigenvalue weighted by molar-refractivity contribution is 7.09. The summed E-state index contributed by atoms with van der Waals surface area (Å²) in [5.74, 6) is 0.873. The number of fused-ring (bicyclic) bond motifs is 2. The van der Waals surface area contributed by atoms with Crippen molar-refractivity contribution in [1.82, 2.24) is 0 Å². The standard InChI is InChI=1S/C22H26NO3S.BrH/c1-16-20(9-12-26-21(25)22-10-7-17(13-22)8-11-22)27-15-23(16)14-19(24)18-5-3-2-4-6-18;/h2-6,15,17H,7-14H2,1H3;1H/q+1;/p-1. The minimum Gasteiger partial charge on any atom is -1.00 e. The maximum atomic E-state index is 12.5. The van der Waals surface area contributed by atoms with E-state index in [2.05, 4.69) is 0 Å². The molecule has 0 aliphatic heterocycles. The Labute approximate surface area is 180 Å². The largest absolute Gasteiger partial charge is 1.00 e. The topological polar surface area (TPSA) is 47.2 Å². The molecule has 2 saturated carbocycles. The van der Waals surface area contributed by atoms with E-state index in [-0.39, 0.29) is 34.1 Å². The SMILES string of the molecule is Cc1c(CCOC(=O)C23CCC(CC2)C3)sc[n+]1CC(=O)c1ccccc1.[Br-]. The molecule has 2 aliphatic carbocycles. The van der Waals surface area contributed by atoms with Crippen molar-refractivity contribution in [3.05, 3.63) is 52.0 Å². The molecule has 0 N–H and O–H groups in total. The van der Waals surface area contributed by atoms with Gasteiger partial charge < -0.3 is 21.7 Å². The van der Waals surface area contributed by atoms with E-state index in [9.17, 15) is 9.59 Å². The van der Waals surface area contributed by atoms with Gasteiger partial charge >= 0.3 is 5.97 Å². The number of Topliss-reactive ketones (excluding diaryl/α,β-unsaturated/α-hetero) is 1. The molecule has 28 heavy (non-hydrogen) atoms. The molecule has 6 heteroatoms. The smallest absolute Gasteiger partial charge is 0.312 e. The predicted octanol–water partition coefficient (Wildman–Crippen LogP) is 0.897. The van der Waals surface area contributed by atoms with Crippen LogP contribution < -0.4 is 21.5 Å². The molecule has 0 amide bonds. The number of hydrogen-bond acceptors (Lipinski definition) is 4. The Kier molecular flexibility index (Phi) is 6.71. The molecule has 0 saturated heterocycles. The third kappa shape index (κ3) is 4.23. The van der Waals surface area contributed by atoms with E-state index in [4.69, 9.17) is 4.74 Å². The molecule has 2 aliphatic rings. The van der Waals surface area contributed by atoms with E-state index in [1.165, 1.54) is 17.7 Å². The summed E-state index contributed by atoms with van der Waals surface area (Å²) in [6.45, 7) is 2.80. The van der Waals surface area contributed by atoms with Gasteiger partial charge in [-0.05, 0) is 38.0 Å². The number of hydrogen-bond donors (Lipinski definition) is 0. The summed E-state index contributed by atoms with van der Waals surface area (Å²) in [4.78, 5) is 26.1. The van der Waals surface area contributed by atoms with Crippen LogP contribution in [-0.4, -0.2) is 18.4 Å². The number of carbonyl (C=O) groups is 2. The zero-order valence-electron chi connectivity index (χ0n) is 16.2. The van der Waals surface area contributed by atoms with Gasteiger partial charge in [0.1, 0.15) is 0 Å². The first-order valence-electron chi connectivity index (χ1n) is 9.79. The van der Waals surface area contributed by atoms with Gasteiger partial charge in [-0.3, -0.25) is 9.59 Å². The molecule has 0 unspecified atom stereocenters. The molecular weight excluding hydrogens is 438 g/mol. The fraction of sp³-hybridized carbons (Fsp3) is 0.500. The van der Waals surface area contributed by atoms with Gasteiger partial charge in [-0.15, -0.1) is 0 Å². The molecule has 1 aromatic carbocycles. The third-order valence-electron chi connectivity index (χ3n) is 6.30. The Bertz CT molecular complexity index is 841. The lowest BCUT2D eigenvalue weighted by atomic mass is 9.84. The van der Waals surface area contributed by atoms with Crippen molar-refractivity contribution in [3.8, 4) is 0 Å². The minimum atomic E-state index is -0.169. The second kappa shape index (κ2) is 8.87. The first-order valence-corrected chi connectivity index (χ1v) is 10.7. The Morgan fingerprint density at radius 1 is 1.21 bits per heavy atom. The van der Waals surface area contributed by atoms with Gasteiger partial charge in [-0.2, -0.15) is 4.57 Å². The molecule has 1 heterocycles. The summed E-state index contributed by atoms with van der Waals surface area (Å²) in [6.07, 6.45) is 6.15. The number of halogens is 1. The summed E-state index contributed by atoms with van der Waals surface area (Å²) >= 11 is 1.63. The Hall–Kier alpha value is -1.53. The fourth-order valence-corrected chi connectivity index (χ4v) is 5.56. The number of thiazole rings is 1. The van der Waals surface area contributed by atoms with Crippen LogP contribution in [0.5, 0.6) is 0 Å². The second-order valence-corrected chi connectivity index (χ2v) is 8.90. The van der Waals surface area contributed by atoms with Crippen LogP contribution in [-0.2, 0) is 22.5 Å². The van der Waals surface area contributed by atoms with Crippen molar-refractivity contribution in [2.45, 2.75) is 52.0 Å². The summed E-state index contributed by atoms with van der Waals surface area (Å²) in [5, 5.41) is 0. The average Bonchev–Trinajstić information content (AvgIpc) is 3.40. The van der Waals surface area contributed by atoms with Crippen molar-refractivity contribution in [3.63, 3.8) is 0 Å². The van der Waals surface area contributed by atoms with Gasteiger partial charge in [-0.25, -0.2) is 0 Å². The van der Waals surface area contributed by atoms with Gasteiger partial charge in [0.2, 0.25) is 17.8 Å². The maximum Gasteiger partial charge on any atom is 0.312 e. The quantitative estimate of drug-likeness (QED) is 0.348. The zero-order valence-corrected chi connectivity index (χ0v) is 18.6. The van der Waals surface area contributed by atoms with Crippen LogP contribution >= 0.6 is 11.3 Å². The summed E-state index contributed by atoms with van der Waals surface area (Å²) in [7, 11) is 0. The predicted molar refractivity (Wildman–Crippen MR) is 104 cm³/mol. The van der Waals surface area contributed by atoms with Crippen LogP contribution in [0.25, 0.3) is 0 Å². The summed E-state index contributed by atoms with van der Waals surface area (Å²) < 4.78 is 7.65. The van der Waals surface area contributed by atoms with E-state index < -0.39 is 0 Å². The Morgan fingerprint density at radius 3 is 2.57 bits per heavy atom. The van der Waals surface area contributed by atoms with Crippen molar-refractivity contribution in [2.24, 2.45) is 11.3 Å². The van der Waals surface area contributed by atoms with Crippen LogP contribution in [0.1, 0.15) is 53.0 Å². The Balaban J connectivity index is 0.00000225. The number of esters is 1. The van der Waals surface area contributed by atoms with E-state index in [0.29, 0.717) is 19.6 Å². The van der Waals surface area contributed by atoms with Crippen LogP contribution in [0.2, 0.25) is 0 Å². The van der Waals surface area contributed by atoms with Gasteiger partial charge in [0.05, 0.1) is 16.9 Å². The molecular formula is C22H26BrNO3S. The van der Waals surface area contributed by atoms with Crippen molar-refractivity contribution < 1.29 is 35.9 Å². The van der Waals surface area contributed by atoms with Gasteiger partial charge in [0, 0.05) is 18.9 Å². The molecule has 0 radical (unpaired) electrons. The molecule has 4 rings (SSSR count). The molecule has 150 valence electrons. The third-order valence-corrected chi connectivity index (χ3v) is 7.45. The Morgan fingerprint density at radius 2 is 1.93 bits per heavy atom. The molecule has 0 spiro atoms. The van der Waals surface area contributed by atoms with Crippen LogP contribution in [0.4, 0.5) is 0 Å². The lowest BCUT2D eigenvalue weighted by molar-refractivity contribution is -0.684. The molecule has 4 nitrogen and oxygen atoms in total. The average molecular weight is 464 g/mol. The van der Waals surface area contributed by atoms with Crippen LogP contribution in [0, 0.1) is 18.3 Å². The molecule has 2 aromatic rings.